The maximum atomic E-state index is 13.0. The van der Waals surface area contributed by atoms with Crippen molar-refractivity contribution in [3.8, 4) is 0 Å². The standard InChI is InChI=1S/C23H21N3O5/c1-15(22(28)26-14-21(27)25-19-10-4-5-11-20(19)26)31-23(29)17-8-2-3-9-18(17)24-13-16-7-6-12-30-16/h2-12,15,24H,13-14H2,1H3,(H,25,27)/t15-/m0/s1. The van der Waals surface area contributed by atoms with Crippen LogP contribution in [-0.2, 0) is 20.9 Å². The minimum absolute atomic E-state index is 0.140. The van der Waals surface area contributed by atoms with Gasteiger partial charge in [-0.2, -0.15) is 0 Å². The molecule has 158 valence electrons. The summed E-state index contributed by atoms with van der Waals surface area (Å²) in [6.45, 7) is 1.75. The molecule has 0 aliphatic carbocycles. The van der Waals surface area contributed by atoms with Crippen molar-refractivity contribution in [1.82, 2.24) is 0 Å². The molecule has 8 nitrogen and oxygen atoms in total. The van der Waals surface area contributed by atoms with Gasteiger partial charge in [-0.1, -0.05) is 24.3 Å². The monoisotopic (exact) mass is 419 g/mol. The zero-order chi connectivity index (χ0) is 21.8. The molecular formula is C23H21N3O5. The average molecular weight is 419 g/mol. The Morgan fingerprint density at radius 1 is 1.13 bits per heavy atom. The lowest BCUT2D eigenvalue weighted by molar-refractivity contribution is -0.128. The Labute approximate surface area is 178 Å². The summed E-state index contributed by atoms with van der Waals surface area (Å²) >= 11 is 0. The van der Waals surface area contributed by atoms with Crippen molar-refractivity contribution >= 4 is 34.8 Å². The van der Waals surface area contributed by atoms with Crippen LogP contribution in [0.4, 0.5) is 17.1 Å². The van der Waals surface area contributed by atoms with Crippen LogP contribution in [0.2, 0.25) is 0 Å². The fraction of sp³-hybridized carbons (Fsp3) is 0.174. The number of para-hydroxylation sites is 3. The number of hydrogen-bond acceptors (Lipinski definition) is 6. The average Bonchev–Trinajstić information content (AvgIpc) is 3.30. The van der Waals surface area contributed by atoms with Crippen molar-refractivity contribution in [2.75, 3.05) is 22.1 Å². The Balaban J connectivity index is 1.47. The van der Waals surface area contributed by atoms with Crippen molar-refractivity contribution in [2.45, 2.75) is 19.6 Å². The van der Waals surface area contributed by atoms with Gasteiger partial charge in [0.2, 0.25) is 5.91 Å². The van der Waals surface area contributed by atoms with Crippen LogP contribution in [0.1, 0.15) is 23.0 Å². The summed E-state index contributed by atoms with van der Waals surface area (Å²) in [7, 11) is 0. The molecule has 8 heteroatoms. The quantitative estimate of drug-likeness (QED) is 0.594. The van der Waals surface area contributed by atoms with Crippen LogP contribution < -0.4 is 15.5 Å². The van der Waals surface area contributed by atoms with Gasteiger partial charge >= 0.3 is 5.97 Å². The topological polar surface area (TPSA) is 101 Å². The third kappa shape index (κ3) is 4.42. The molecule has 0 saturated carbocycles. The van der Waals surface area contributed by atoms with E-state index >= 15 is 0 Å². The smallest absolute Gasteiger partial charge is 0.341 e. The Kier molecular flexibility index (Phi) is 5.70. The molecule has 1 aliphatic heterocycles. The summed E-state index contributed by atoms with van der Waals surface area (Å²) in [5.41, 5.74) is 1.96. The maximum Gasteiger partial charge on any atom is 0.341 e. The van der Waals surface area contributed by atoms with E-state index in [9.17, 15) is 14.4 Å². The van der Waals surface area contributed by atoms with Gasteiger partial charge in [-0.05, 0) is 43.3 Å². The van der Waals surface area contributed by atoms with Crippen molar-refractivity contribution in [1.29, 1.82) is 0 Å². The van der Waals surface area contributed by atoms with Crippen LogP contribution in [0.3, 0.4) is 0 Å². The second-order valence-corrected chi connectivity index (χ2v) is 7.02. The highest BCUT2D eigenvalue weighted by Gasteiger charge is 2.31. The molecule has 2 amide bonds. The van der Waals surface area contributed by atoms with Crippen molar-refractivity contribution < 1.29 is 23.5 Å². The zero-order valence-corrected chi connectivity index (χ0v) is 16.8. The molecule has 0 bridgehead atoms. The van der Waals surface area contributed by atoms with Crippen LogP contribution >= 0.6 is 0 Å². The van der Waals surface area contributed by atoms with Gasteiger partial charge in [0.1, 0.15) is 12.3 Å². The minimum Gasteiger partial charge on any atom is -0.467 e. The fourth-order valence-electron chi connectivity index (χ4n) is 3.33. The van der Waals surface area contributed by atoms with Gasteiger partial charge in [-0.25, -0.2) is 4.79 Å². The number of furan rings is 1. The molecule has 1 atom stereocenters. The van der Waals surface area contributed by atoms with Crippen molar-refractivity contribution in [2.24, 2.45) is 0 Å². The zero-order valence-electron chi connectivity index (χ0n) is 16.8. The first-order valence-corrected chi connectivity index (χ1v) is 9.79. The Morgan fingerprint density at radius 2 is 1.90 bits per heavy atom. The van der Waals surface area contributed by atoms with E-state index in [0.717, 1.165) is 0 Å². The highest BCUT2D eigenvalue weighted by atomic mass is 16.5. The summed E-state index contributed by atoms with van der Waals surface area (Å²) in [6, 6.07) is 17.5. The summed E-state index contributed by atoms with van der Waals surface area (Å²) in [5.74, 6) is -0.707. The molecule has 0 radical (unpaired) electrons. The molecule has 0 spiro atoms. The van der Waals surface area contributed by atoms with Crippen LogP contribution in [0, 0.1) is 0 Å². The number of nitrogens with zero attached hydrogens (tertiary/aromatic N) is 1. The second-order valence-electron chi connectivity index (χ2n) is 7.02. The molecule has 31 heavy (non-hydrogen) atoms. The first-order chi connectivity index (χ1) is 15.0. The number of anilines is 3. The number of fused-ring (bicyclic) bond motifs is 1. The van der Waals surface area contributed by atoms with Gasteiger partial charge in [0.15, 0.2) is 6.10 Å². The minimum atomic E-state index is -1.08. The molecule has 0 fully saturated rings. The summed E-state index contributed by atoms with van der Waals surface area (Å²) in [5, 5.41) is 5.87. The van der Waals surface area contributed by atoms with Crippen molar-refractivity contribution in [3.05, 3.63) is 78.3 Å². The Morgan fingerprint density at radius 3 is 2.71 bits per heavy atom. The number of hydrogen-bond donors (Lipinski definition) is 2. The lowest BCUT2D eigenvalue weighted by atomic mass is 10.1. The SMILES string of the molecule is C[C@H](OC(=O)c1ccccc1NCc1ccco1)C(=O)N1CC(=O)Nc2ccccc21. The van der Waals surface area contributed by atoms with E-state index in [1.807, 2.05) is 6.07 Å². The molecular weight excluding hydrogens is 398 g/mol. The van der Waals surface area contributed by atoms with E-state index < -0.39 is 18.0 Å². The van der Waals surface area contributed by atoms with Gasteiger partial charge in [-0.15, -0.1) is 0 Å². The number of benzene rings is 2. The summed E-state index contributed by atoms with van der Waals surface area (Å²) in [6.07, 6.45) is 0.494. The first-order valence-electron chi connectivity index (χ1n) is 9.79. The van der Waals surface area contributed by atoms with Gasteiger partial charge in [0.25, 0.3) is 5.91 Å². The Hall–Kier alpha value is -4.07. The number of carbonyl (C=O) groups excluding carboxylic acids is 3. The molecule has 1 aliphatic rings. The highest BCUT2D eigenvalue weighted by molar-refractivity contribution is 6.11. The number of esters is 1. The van der Waals surface area contributed by atoms with E-state index in [1.165, 1.54) is 11.8 Å². The number of nitrogens with one attached hydrogen (secondary N) is 2. The van der Waals surface area contributed by atoms with Crippen LogP contribution in [0.15, 0.2) is 71.3 Å². The molecule has 2 N–H and O–H groups in total. The number of amides is 2. The van der Waals surface area contributed by atoms with Crippen LogP contribution in [0.25, 0.3) is 0 Å². The van der Waals surface area contributed by atoms with E-state index in [2.05, 4.69) is 10.6 Å². The largest absolute Gasteiger partial charge is 0.467 e. The molecule has 4 rings (SSSR count). The number of ether oxygens (including phenoxy) is 1. The molecule has 2 heterocycles. The fourth-order valence-corrected chi connectivity index (χ4v) is 3.33. The molecule has 3 aromatic rings. The van der Waals surface area contributed by atoms with E-state index in [1.54, 1.807) is 60.9 Å². The van der Waals surface area contributed by atoms with Gasteiger partial charge in [0, 0.05) is 5.69 Å². The number of carbonyl (C=O) groups is 3. The van der Waals surface area contributed by atoms with E-state index in [-0.39, 0.29) is 12.5 Å². The molecule has 0 unspecified atom stereocenters. The third-order valence-electron chi connectivity index (χ3n) is 4.85. The van der Waals surface area contributed by atoms with Crippen molar-refractivity contribution in [3.63, 3.8) is 0 Å². The summed E-state index contributed by atoms with van der Waals surface area (Å²) in [4.78, 5) is 39.1. The van der Waals surface area contributed by atoms with Crippen LogP contribution in [-0.4, -0.2) is 30.4 Å². The third-order valence-corrected chi connectivity index (χ3v) is 4.85. The van der Waals surface area contributed by atoms with E-state index in [0.29, 0.717) is 34.9 Å². The van der Waals surface area contributed by atoms with Gasteiger partial charge in [-0.3, -0.25) is 14.5 Å². The molecule has 0 saturated heterocycles. The molecule has 2 aromatic carbocycles. The highest BCUT2D eigenvalue weighted by Crippen LogP contribution is 2.29. The lowest BCUT2D eigenvalue weighted by Crippen LogP contribution is -2.47. The van der Waals surface area contributed by atoms with Gasteiger partial charge in [0.05, 0.1) is 29.7 Å². The Bertz CT molecular complexity index is 1110. The second kappa shape index (κ2) is 8.74. The van der Waals surface area contributed by atoms with Crippen LogP contribution in [0.5, 0.6) is 0 Å². The lowest BCUT2D eigenvalue weighted by Gasteiger charge is -2.30. The van der Waals surface area contributed by atoms with Gasteiger partial charge < -0.3 is 19.8 Å². The normalized spacial score (nSPS) is 13.7. The summed E-state index contributed by atoms with van der Waals surface area (Å²) < 4.78 is 10.7. The number of rotatable bonds is 6. The predicted octanol–water partition coefficient (Wildman–Crippen LogP) is 3.42. The predicted molar refractivity (Wildman–Crippen MR) is 115 cm³/mol. The first kappa shape index (κ1) is 20.2. The maximum absolute atomic E-state index is 13.0. The molecule has 1 aromatic heterocycles. The van der Waals surface area contributed by atoms with E-state index in [4.69, 9.17) is 9.15 Å².